The number of piperazine rings is 1. The molecule has 0 aromatic carbocycles. The molecule has 0 aliphatic carbocycles. The molecular formula is C11H15BrN2O4S2. The number of sulfonamides is 1. The molecule has 1 saturated heterocycles. The van der Waals surface area contributed by atoms with Gasteiger partial charge < -0.3 is 10.0 Å². The quantitative estimate of drug-likeness (QED) is 0.857. The molecule has 1 N–H and O–H groups in total. The van der Waals surface area contributed by atoms with E-state index in [1.165, 1.54) is 10.4 Å². The second kappa shape index (κ2) is 5.72. The monoisotopic (exact) mass is 382 g/mol. The smallest absolute Gasteiger partial charge is 0.345 e. The molecule has 1 fully saturated rings. The Labute approximate surface area is 130 Å². The van der Waals surface area contributed by atoms with Gasteiger partial charge in [0.15, 0.2) is 0 Å². The van der Waals surface area contributed by atoms with E-state index in [0.717, 1.165) is 11.3 Å². The van der Waals surface area contributed by atoms with Crippen LogP contribution in [0.15, 0.2) is 14.7 Å². The Morgan fingerprint density at radius 2 is 2.15 bits per heavy atom. The number of nitrogens with zero attached hydrogens (tertiary/aromatic N) is 2. The molecule has 20 heavy (non-hydrogen) atoms. The lowest BCUT2D eigenvalue weighted by molar-refractivity contribution is 0.0702. The maximum Gasteiger partial charge on any atom is 0.345 e. The van der Waals surface area contributed by atoms with Crippen molar-refractivity contribution in [2.75, 3.05) is 26.7 Å². The summed E-state index contributed by atoms with van der Waals surface area (Å²) in [7, 11) is -1.72. The van der Waals surface area contributed by atoms with Crippen LogP contribution in [0.5, 0.6) is 0 Å². The van der Waals surface area contributed by atoms with E-state index in [1.807, 2.05) is 14.0 Å². The first-order valence-electron chi connectivity index (χ1n) is 5.96. The van der Waals surface area contributed by atoms with Crippen LogP contribution >= 0.6 is 27.3 Å². The van der Waals surface area contributed by atoms with E-state index in [2.05, 4.69) is 20.8 Å². The predicted molar refractivity (Wildman–Crippen MR) is 79.8 cm³/mol. The normalized spacial score (nSPS) is 22.1. The average Bonchev–Trinajstić information content (AvgIpc) is 2.71. The molecule has 0 amide bonds. The van der Waals surface area contributed by atoms with Crippen LogP contribution in [-0.2, 0) is 10.0 Å². The van der Waals surface area contributed by atoms with Crippen molar-refractivity contribution in [3.8, 4) is 0 Å². The minimum Gasteiger partial charge on any atom is -0.477 e. The molecule has 112 valence electrons. The lowest BCUT2D eigenvalue weighted by Gasteiger charge is -2.37. The van der Waals surface area contributed by atoms with Gasteiger partial charge in [-0.1, -0.05) is 0 Å². The number of carboxylic acid groups (broad SMARTS) is 1. The van der Waals surface area contributed by atoms with Crippen LogP contribution in [-0.4, -0.2) is 61.4 Å². The summed E-state index contributed by atoms with van der Waals surface area (Å²) in [5, 5.41) is 8.96. The molecule has 2 heterocycles. The number of carbonyl (C=O) groups is 1. The molecule has 6 nitrogen and oxygen atoms in total. The van der Waals surface area contributed by atoms with E-state index in [9.17, 15) is 13.2 Å². The standard InChI is InChI=1S/C11H15BrN2O4S2/c1-7-6-13(2)3-4-14(7)20(17,18)9-5-8(11(15)16)19-10(9)12/h5,7H,3-4,6H2,1-2H3,(H,15,16). The summed E-state index contributed by atoms with van der Waals surface area (Å²) in [5.74, 6) is -1.12. The van der Waals surface area contributed by atoms with Gasteiger partial charge in [0.05, 0.1) is 3.79 Å². The summed E-state index contributed by atoms with van der Waals surface area (Å²) in [6.07, 6.45) is 0. The predicted octanol–water partition coefficient (Wildman–Crippen LogP) is 1.53. The third-order valence-electron chi connectivity index (χ3n) is 3.22. The van der Waals surface area contributed by atoms with Gasteiger partial charge in [0.1, 0.15) is 9.77 Å². The molecule has 1 atom stereocenters. The molecule has 1 aromatic heterocycles. The van der Waals surface area contributed by atoms with Crippen molar-refractivity contribution in [3.63, 3.8) is 0 Å². The van der Waals surface area contributed by atoms with E-state index in [1.54, 1.807) is 0 Å². The number of halogens is 1. The number of aromatic carboxylic acids is 1. The second-order valence-electron chi connectivity index (χ2n) is 4.78. The highest BCUT2D eigenvalue weighted by atomic mass is 79.9. The molecule has 1 aliphatic heterocycles. The summed E-state index contributed by atoms with van der Waals surface area (Å²) in [4.78, 5) is 13.1. The zero-order valence-corrected chi connectivity index (χ0v) is 14.3. The first kappa shape index (κ1) is 15.9. The number of thiophene rings is 1. The Morgan fingerprint density at radius 3 is 2.65 bits per heavy atom. The number of likely N-dealkylation sites (N-methyl/N-ethyl adjacent to an activating group) is 1. The van der Waals surface area contributed by atoms with Gasteiger partial charge in [0.2, 0.25) is 10.0 Å². The fraction of sp³-hybridized carbons (Fsp3) is 0.545. The summed E-state index contributed by atoms with van der Waals surface area (Å²) in [5.41, 5.74) is 0. The molecule has 0 spiro atoms. The van der Waals surface area contributed by atoms with Crippen LogP contribution < -0.4 is 0 Å². The Morgan fingerprint density at radius 1 is 1.50 bits per heavy atom. The lowest BCUT2D eigenvalue weighted by atomic mass is 10.2. The van der Waals surface area contributed by atoms with E-state index in [-0.39, 0.29) is 15.8 Å². The van der Waals surface area contributed by atoms with Gasteiger partial charge >= 0.3 is 5.97 Å². The molecular weight excluding hydrogens is 368 g/mol. The number of hydrogen-bond acceptors (Lipinski definition) is 5. The van der Waals surface area contributed by atoms with E-state index in [4.69, 9.17) is 5.11 Å². The molecule has 1 unspecified atom stereocenters. The van der Waals surface area contributed by atoms with Gasteiger partial charge in [0.25, 0.3) is 0 Å². The molecule has 9 heteroatoms. The average molecular weight is 383 g/mol. The van der Waals surface area contributed by atoms with Crippen LogP contribution in [0.1, 0.15) is 16.6 Å². The van der Waals surface area contributed by atoms with Gasteiger partial charge in [-0.05, 0) is 36.0 Å². The highest BCUT2D eigenvalue weighted by Crippen LogP contribution is 2.34. The summed E-state index contributed by atoms with van der Waals surface area (Å²) >= 11 is 4.07. The van der Waals surface area contributed by atoms with Crippen molar-refractivity contribution in [2.45, 2.75) is 17.9 Å². The lowest BCUT2D eigenvalue weighted by Crippen LogP contribution is -2.52. The fourth-order valence-corrected chi connectivity index (χ4v) is 6.21. The van der Waals surface area contributed by atoms with E-state index < -0.39 is 16.0 Å². The zero-order chi connectivity index (χ0) is 15.1. The third kappa shape index (κ3) is 2.91. The van der Waals surface area contributed by atoms with Gasteiger partial charge in [-0.3, -0.25) is 0 Å². The first-order valence-corrected chi connectivity index (χ1v) is 9.01. The van der Waals surface area contributed by atoms with Crippen LogP contribution in [0.4, 0.5) is 0 Å². The summed E-state index contributed by atoms with van der Waals surface area (Å²) < 4.78 is 27.1. The van der Waals surface area contributed by atoms with Crippen molar-refractivity contribution in [1.82, 2.24) is 9.21 Å². The van der Waals surface area contributed by atoms with E-state index >= 15 is 0 Å². The van der Waals surface area contributed by atoms with Gasteiger partial charge in [-0.15, -0.1) is 11.3 Å². The van der Waals surface area contributed by atoms with Crippen LogP contribution in [0.2, 0.25) is 0 Å². The van der Waals surface area contributed by atoms with Crippen LogP contribution in [0, 0.1) is 0 Å². The van der Waals surface area contributed by atoms with Gasteiger partial charge in [-0.25, -0.2) is 13.2 Å². The molecule has 0 saturated carbocycles. The van der Waals surface area contributed by atoms with Crippen LogP contribution in [0.25, 0.3) is 0 Å². The Kier molecular flexibility index (Phi) is 4.55. The Hall–Kier alpha value is -0.480. The van der Waals surface area contributed by atoms with Crippen molar-refractivity contribution in [2.24, 2.45) is 0 Å². The van der Waals surface area contributed by atoms with Gasteiger partial charge in [-0.2, -0.15) is 4.31 Å². The molecule has 1 aliphatic rings. The third-order valence-corrected chi connectivity index (χ3v) is 7.48. The van der Waals surface area contributed by atoms with E-state index in [0.29, 0.717) is 23.4 Å². The largest absolute Gasteiger partial charge is 0.477 e. The van der Waals surface area contributed by atoms with Crippen molar-refractivity contribution in [1.29, 1.82) is 0 Å². The SMILES string of the molecule is CC1CN(C)CCN1S(=O)(=O)c1cc(C(=O)O)sc1Br. The Balaban J connectivity index is 2.37. The molecule has 0 radical (unpaired) electrons. The second-order valence-corrected chi connectivity index (χ2v) is 9.01. The number of hydrogen-bond donors (Lipinski definition) is 1. The molecule has 0 bridgehead atoms. The van der Waals surface area contributed by atoms with Crippen molar-refractivity contribution >= 4 is 43.3 Å². The van der Waals surface area contributed by atoms with Crippen LogP contribution in [0.3, 0.4) is 0 Å². The van der Waals surface area contributed by atoms with Crippen molar-refractivity contribution in [3.05, 3.63) is 14.7 Å². The zero-order valence-electron chi connectivity index (χ0n) is 11.0. The Bertz CT molecular complexity index is 628. The maximum absolute atomic E-state index is 12.7. The summed E-state index contributed by atoms with van der Waals surface area (Å²) in [6, 6.07) is 1.08. The highest BCUT2D eigenvalue weighted by molar-refractivity contribution is 9.11. The molecule has 2 rings (SSSR count). The first-order chi connectivity index (χ1) is 9.23. The minimum absolute atomic E-state index is 0.0113. The van der Waals surface area contributed by atoms with Gasteiger partial charge in [0, 0.05) is 25.7 Å². The number of carboxylic acids is 1. The van der Waals surface area contributed by atoms with Crippen molar-refractivity contribution < 1.29 is 18.3 Å². The number of rotatable bonds is 3. The molecule has 1 aromatic rings. The maximum atomic E-state index is 12.7. The summed E-state index contributed by atoms with van der Waals surface area (Å²) in [6.45, 7) is 3.58. The fourth-order valence-electron chi connectivity index (χ4n) is 2.24. The minimum atomic E-state index is -3.67. The topological polar surface area (TPSA) is 77.9 Å². The highest BCUT2D eigenvalue weighted by Gasteiger charge is 2.35.